The second-order valence-electron chi connectivity index (χ2n) is 7.36. The van der Waals surface area contributed by atoms with E-state index in [4.69, 9.17) is 0 Å². The van der Waals surface area contributed by atoms with Crippen molar-refractivity contribution >= 4 is 0 Å². The van der Waals surface area contributed by atoms with Crippen LogP contribution in [0.4, 0.5) is 0 Å². The molecule has 144 valence electrons. The summed E-state index contributed by atoms with van der Waals surface area (Å²) in [6, 6.07) is 0. The highest BCUT2D eigenvalue weighted by molar-refractivity contribution is 4.44. The molecule has 0 fully saturated rings. The third-order valence-electron chi connectivity index (χ3n) is 4.05. The molecule has 0 saturated heterocycles. The van der Waals surface area contributed by atoms with Crippen molar-refractivity contribution in [3.05, 3.63) is 0 Å². The van der Waals surface area contributed by atoms with Gasteiger partial charge in [0.05, 0.1) is 0 Å². The monoisotopic (exact) mass is 328 g/mol. The summed E-state index contributed by atoms with van der Waals surface area (Å²) in [5.41, 5.74) is 0. The molecule has 0 aliphatic heterocycles. The van der Waals surface area contributed by atoms with Crippen molar-refractivity contribution < 1.29 is 0 Å². The van der Waals surface area contributed by atoms with Crippen molar-refractivity contribution in [1.82, 2.24) is 0 Å². The Balaban J connectivity index is -0.000000262. The molecule has 0 N–H and O–H groups in total. The molecule has 23 heavy (non-hydrogen) atoms. The zero-order valence-electron chi connectivity index (χ0n) is 18.2. The van der Waals surface area contributed by atoms with Crippen molar-refractivity contribution in [2.45, 2.75) is 145 Å². The van der Waals surface area contributed by atoms with Gasteiger partial charge in [0.25, 0.3) is 0 Å². The highest BCUT2D eigenvalue weighted by Gasteiger charge is 1.90. The van der Waals surface area contributed by atoms with Crippen LogP contribution in [0.5, 0.6) is 0 Å². The predicted molar refractivity (Wildman–Crippen MR) is 112 cm³/mol. The molecule has 0 radical (unpaired) electrons. The highest BCUT2D eigenvalue weighted by atomic mass is 14.0. The van der Waals surface area contributed by atoms with Gasteiger partial charge in [-0.25, -0.2) is 0 Å². The Hall–Kier alpha value is 0. The van der Waals surface area contributed by atoms with E-state index in [1.807, 2.05) is 0 Å². The van der Waals surface area contributed by atoms with Crippen LogP contribution in [0.15, 0.2) is 0 Å². The molecule has 0 aromatic rings. The van der Waals surface area contributed by atoms with Gasteiger partial charge in [-0.2, -0.15) is 0 Å². The standard InChI is InChI=1S/2C8H18.C7H16/c1-4-5-6-7-8(2)3;1-3-5-7-8-6-4-2;1-3-5-7-6-4-2/h8H,4-7H2,1-3H3;3-8H2,1-2H3;3-7H2,1-2H3. The van der Waals surface area contributed by atoms with Crippen molar-refractivity contribution in [1.29, 1.82) is 0 Å². The third-order valence-corrected chi connectivity index (χ3v) is 4.05. The fourth-order valence-corrected chi connectivity index (χ4v) is 2.33. The SMILES string of the molecule is CCCCCC(C)C.CCCCCCC.CCCCCCCC. The molecule has 0 heteroatoms. The Labute approximate surface area is 151 Å². The van der Waals surface area contributed by atoms with Crippen LogP contribution in [0, 0.1) is 5.92 Å². The second-order valence-corrected chi connectivity index (χ2v) is 7.36. The van der Waals surface area contributed by atoms with Crippen molar-refractivity contribution in [2.24, 2.45) is 5.92 Å². The van der Waals surface area contributed by atoms with Crippen molar-refractivity contribution in [3.8, 4) is 0 Å². The van der Waals surface area contributed by atoms with Gasteiger partial charge in [-0.1, -0.05) is 145 Å². The summed E-state index contributed by atoms with van der Waals surface area (Å²) in [7, 11) is 0. The van der Waals surface area contributed by atoms with Gasteiger partial charge in [0.2, 0.25) is 0 Å². The molecule has 0 aliphatic rings. The topological polar surface area (TPSA) is 0 Å². The smallest absolute Gasteiger partial charge is 0.0471 e. The van der Waals surface area contributed by atoms with Gasteiger partial charge >= 0.3 is 0 Å². The molecule has 0 heterocycles. The van der Waals surface area contributed by atoms with Crippen LogP contribution in [0.2, 0.25) is 0 Å². The van der Waals surface area contributed by atoms with E-state index in [0.717, 1.165) is 5.92 Å². The molecule has 0 aliphatic carbocycles. The normalized spacial score (nSPS) is 9.91. The first-order valence-corrected chi connectivity index (χ1v) is 11.1. The van der Waals surface area contributed by atoms with Crippen LogP contribution in [0.3, 0.4) is 0 Å². The third kappa shape index (κ3) is 44.9. The first-order chi connectivity index (χ1) is 11.1. The van der Waals surface area contributed by atoms with E-state index in [-0.39, 0.29) is 0 Å². The lowest BCUT2D eigenvalue weighted by Gasteiger charge is -2.00. The fraction of sp³-hybridized carbons (Fsp3) is 1.00. The molecule has 0 saturated carbocycles. The van der Waals surface area contributed by atoms with E-state index in [1.165, 1.54) is 96.3 Å². The maximum absolute atomic E-state index is 2.29. The second kappa shape index (κ2) is 29.9. The average Bonchev–Trinajstić information content (AvgIpc) is 2.53. The Morgan fingerprint density at radius 1 is 0.391 bits per heavy atom. The largest absolute Gasteiger partial charge is 0.0654 e. The van der Waals surface area contributed by atoms with E-state index >= 15 is 0 Å². The zero-order chi connectivity index (χ0) is 18.2. The first-order valence-electron chi connectivity index (χ1n) is 11.1. The van der Waals surface area contributed by atoms with Crippen molar-refractivity contribution in [2.75, 3.05) is 0 Å². The summed E-state index contributed by atoms with van der Waals surface area (Å²) in [4.78, 5) is 0. The van der Waals surface area contributed by atoms with Gasteiger partial charge in [0.15, 0.2) is 0 Å². The summed E-state index contributed by atoms with van der Waals surface area (Å²) >= 11 is 0. The lowest BCUT2D eigenvalue weighted by Crippen LogP contribution is -1.85. The van der Waals surface area contributed by atoms with Crippen LogP contribution in [-0.2, 0) is 0 Å². The van der Waals surface area contributed by atoms with E-state index in [2.05, 4.69) is 48.5 Å². The van der Waals surface area contributed by atoms with Gasteiger partial charge < -0.3 is 0 Å². The summed E-state index contributed by atoms with van der Waals surface area (Å²) in [6.07, 6.45) is 21.1. The van der Waals surface area contributed by atoms with Gasteiger partial charge in [-0.15, -0.1) is 0 Å². The molecular weight excluding hydrogens is 276 g/mol. The molecule has 0 aromatic heterocycles. The molecule has 0 aromatic carbocycles. The van der Waals surface area contributed by atoms with Crippen LogP contribution in [0.25, 0.3) is 0 Å². The van der Waals surface area contributed by atoms with E-state index in [9.17, 15) is 0 Å². The summed E-state index contributed by atoms with van der Waals surface area (Å²) in [5.74, 6) is 0.904. The number of unbranched alkanes of at least 4 members (excludes halogenated alkanes) is 11. The summed E-state index contributed by atoms with van der Waals surface area (Å²) in [6.45, 7) is 15.8. The van der Waals surface area contributed by atoms with E-state index in [0.29, 0.717) is 0 Å². The fourth-order valence-electron chi connectivity index (χ4n) is 2.33. The minimum atomic E-state index is 0.904. The predicted octanol–water partition coefficient (Wildman–Crippen LogP) is 9.57. The molecule has 0 atom stereocenters. The lowest BCUT2D eigenvalue weighted by atomic mass is 10.1. The molecule has 0 rings (SSSR count). The van der Waals surface area contributed by atoms with Gasteiger partial charge in [-0.3, -0.25) is 0 Å². The zero-order valence-corrected chi connectivity index (χ0v) is 18.2. The summed E-state index contributed by atoms with van der Waals surface area (Å²) in [5, 5.41) is 0. The van der Waals surface area contributed by atoms with Crippen LogP contribution < -0.4 is 0 Å². The molecule has 0 spiro atoms. The Morgan fingerprint density at radius 3 is 0.913 bits per heavy atom. The maximum Gasteiger partial charge on any atom is -0.0471 e. The molecule has 0 bridgehead atoms. The van der Waals surface area contributed by atoms with E-state index < -0.39 is 0 Å². The minimum absolute atomic E-state index is 0.904. The quantitative estimate of drug-likeness (QED) is 0.295. The minimum Gasteiger partial charge on any atom is -0.0654 e. The van der Waals surface area contributed by atoms with Crippen molar-refractivity contribution in [3.63, 3.8) is 0 Å². The first kappa shape index (κ1) is 27.8. The summed E-state index contributed by atoms with van der Waals surface area (Å²) < 4.78 is 0. The average molecular weight is 329 g/mol. The Kier molecular flexibility index (Phi) is 36.2. The van der Waals surface area contributed by atoms with E-state index in [1.54, 1.807) is 0 Å². The highest BCUT2D eigenvalue weighted by Crippen LogP contribution is 2.06. The van der Waals surface area contributed by atoms with Gasteiger partial charge in [-0.05, 0) is 5.92 Å². The molecule has 0 nitrogen and oxygen atoms in total. The van der Waals surface area contributed by atoms with Gasteiger partial charge in [0, 0.05) is 0 Å². The lowest BCUT2D eigenvalue weighted by molar-refractivity contribution is 0.534. The van der Waals surface area contributed by atoms with Crippen LogP contribution in [-0.4, -0.2) is 0 Å². The molecular formula is C23H52. The number of hydrogen-bond acceptors (Lipinski definition) is 0. The molecule has 0 unspecified atom stereocenters. The van der Waals surface area contributed by atoms with Crippen LogP contribution >= 0.6 is 0 Å². The Morgan fingerprint density at radius 2 is 0.652 bits per heavy atom. The van der Waals surface area contributed by atoms with Gasteiger partial charge in [0.1, 0.15) is 0 Å². The Bertz CT molecular complexity index is 138. The number of rotatable bonds is 13. The maximum atomic E-state index is 2.29. The number of hydrogen-bond donors (Lipinski definition) is 0. The molecule has 0 amide bonds. The van der Waals surface area contributed by atoms with Crippen LogP contribution in [0.1, 0.15) is 145 Å².